The molecule has 0 saturated heterocycles. The normalized spacial score (nSPS) is 13.0. The number of benzene rings is 5. The smallest absolute Gasteiger partial charge is 0.256 e. The maximum Gasteiger partial charge on any atom is 0.402 e. The van der Waals surface area contributed by atoms with Crippen molar-refractivity contribution >= 4 is 0 Å². The van der Waals surface area contributed by atoms with E-state index < -0.39 is 11.6 Å². The van der Waals surface area contributed by atoms with Gasteiger partial charge < -0.3 is 0 Å². The Balaban J connectivity index is 1.36. The van der Waals surface area contributed by atoms with Gasteiger partial charge in [0.25, 0.3) is 0 Å². The van der Waals surface area contributed by atoms with Crippen LogP contribution in [0.3, 0.4) is 0 Å². The van der Waals surface area contributed by atoms with Gasteiger partial charge in [-0.25, -0.2) is 0 Å². The molecule has 5 aromatic carbocycles. The van der Waals surface area contributed by atoms with Crippen molar-refractivity contribution in [2.24, 2.45) is 0 Å². The Bertz CT molecular complexity index is 1830. The number of rotatable bonds is 6. The Morgan fingerprint density at radius 1 is 0.429 bits per heavy atom. The van der Waals surface area contributed by atoms with Crippen molar-refractivity contribution < 1.29 is 13.2 Å². The third-order valence-electron chi connectivity index (χ3n) is 7.91. The van der Waals surface area contributed by atoms with Crippen LogP contribution in [0.1, 0.15) is 18.1 Å². The summed E-state index contributed by atoms with van der Waals surface area (Å²) in [5.41, 5.74) is 6.00. The Hall–Kier alpha value is -4.96. The summed E-state index contributed by atoms with van der Waals surface area (Å²) < 4.78 is 43.8. The Morgan fingerprint density at radius 2 is 0.857 bits per heavy atom. The van der Waals surface area contributed by atoms with Crippen LogP contribution in [0.15, 0.2) is 152 Å². The lowest BCUT2D eigenvalue weighted by atomic mass is 9.75. The average molecular weight is 556 g/mol. The lowest BCUT2D eigenvalue weighted by Crippen LogP contribution is -2.40. The molecule has 1 atom stereocenters. The number of halogens is 3. The lowest BCUT2D eigenvalue weighted by molar-refractivity contribution is -0.173. The van der Waals surface area contributed by atoms with Gasteiger partial charge in [0.1, 0.15) is 5.41 Å². The van der Waals surface area contributed by atoms with Crippen LogP contribution in [0.4, 0.5) is 13.2 Å². The highest BCUT2D eigenvalue weighted by Crippen LogP contribution is 2.46. The van der Waals surface area contributed by atoms with Crippen molar-refractivity contribution in [2.45, 2.75) is 18.5 Å². The van der Waals surface area contributed by atoms with Gasteiger partial charge in [0.05, 0.1) is 5.69 Å². The molecule has 206 valence electrons. The van der Waals surface area contributed by atoms with E-state index in [0.29, 0.717) is 0 Å². The van der Waals surface area contributed by atoms with Crippen molar-refractivity contribution in [1.82, 2.24) is 4.98 Å². The van der Waals surface area contributed by atoms with Crippen molar-refractivity contribution in [3.05, 3.63) is 163 Å². The van der Waals surface area contributed by atoms with Crippen LogP contribution in [0.5, 0.6) is 0 Å². The second kappa shape index (κ2) is 11.1. The maximum absolute atomic E-state index is 14.6. The van der Waals surface area contributed by atoms with E-state index in [9.17, 15) is 13.2 Å². The molecule has 1 heterocycles. The van der Waals surface area contributed by atoms with E-state index in [2.05, 4.69) is 41.4 Å². The van der Waals surface area contributed by atoms with Crippen molar-refractivity contribution in [1.29, 1.82) is 0 Å². The molecule has 42 heavy (non-hydrogen) atoms. The van der Waals surface area contributed by atoms with E-state index in [0.717, 1.165) is 44.6 Å². The van der Waals surface area contributed by atoms with Crippen molar-refractivity contribution in [3.8, 4) is 44.6 Å². The predicted octanol–water partition coefficient (Wildman–Crippen LogP) is 10.6. The van der Waals surface area contributed by atoms with E-state index in [1.165, 1.54) is 6.92 Å². The molecule has 1 unspecified atom stereocenters. The second-order valence-corrected chi connectivity index (χ2v) is 10.5. The topological polar surface area (TPSA) is 12.9 Å². The minimum Gasteiger partial charge on any atom is -0.256 e. The molecule has 1 nitrogen and oxygen atoms in total. The molecule has 0 radical (unpaired) electrons. The molecule has 1 aromatic heterocycles. The first-order valence-corrected chi connectivity index (χ1v) is 13.8. The van der Waals surface area contributed by atoms with Crippen molar-refractivity contribution in [3.63, 3.8) is 0 Å². The number of hydrogen-bond donors (Lipinski definition) is 0. The molecule has 0 bridgehead atoms. The maximum atomic E-state index is 14.6. The third-order valence-corrected chi connectivity index (χ3v) is 7.91. The van der Waals surface area contributed by atoms with E-state index in [1.54, 1.807) is 54.7 Å². The first-order chi connectivity index (χ1) is 20.3. The molecule has 0 N–H and O–H groups in total. The van der Waals surface area contributed by atoms with Crippen LogP contribution in [0.25, 0.3) is 44.6 Å². The summed E-state index contributed by atoms with van der Waals surface area (Å²) in [6.45, 7) is 1.26. The number of alkyl halides is 3. The molecule has 0 aliphatic heterocycles. The summed E-state index contributed by atoms with van der Waals surface area (Å²) >= 11 is 0. The summed E-state index contributed by atoms with van der Waals surface area (Å²) in [6.07, 6.45) is -2.68. The number of aromatic nitrogens is 1. The molecule has 0 fully saturated rings. The van der Waals surface area contributed by atoms with Gasteiger partial charge in [0, 0.05) is 11.8 Å². The highest BCUT2D eigenvalue weighted by atomic mass is 19.4. The van der Waals surface area contributed by atoms with Gasteiger partial charge in [-0.3, -0.25) is 4.98 Å². The predicted molar refractivity (Wildman–Crippen MR) is 165 cm³/mol. The zero-order valence-corrected chi connectivity index (χ0v) is 23.0. The van der Waals surface area contributed by atoms with E-state index in [1.807, 2.05) is 60.7 Å². The summed E-state index contributed by atoms with van der Waals surface area (Å²) in [4.78, 5) is 4.48. The van der Waals surface area contributed by atoms with Crippen LogP contribution in [-0.4, -0.2) is 11.2 Å². The lowest BCUT2D eigenvalue weighted by Gasteiger charge is -2.33. The molecular weight excluding hydrogens is 527 g/mol. The zero-order valence-electron chi connectivity index (χ0n) is 23.0. The fourth-order valence-electron chi connectivity index (χ4n) is 5.42. The fraction of sp³-hybridized carbons (Fsp3) is 0.0789. The van der Waals surface area contributed by atoms with E-state index in [-0.39, 0.29) is 11.1 Å². The van der Waals surface area contributed by atoms with Gasteiger partial charge in [0.15, 0.2) is 0 Å². The van der Waals surface area contributed by atoms with Crippen LogP contribution >= 0.6 is 0 Å². The van der Waals surface area contributed by atoms with Gasteiger partial charge in [-0.2, -0.15) is 13.2 Å². The highest BCUT2D eigenvalue weighted by Gasteiger charge is 2.53. The summed E-state index contributed by atoms with van der Waals surface area (Å²) in [5, 5.41) is 0. The highest BCUT2D eigenvalue weighted by molar-refractivity contribution is 5.78. The summed E-state index contributed by atoms with van der Waals surface area (Å²) in [6, 6.07) is 45.3. The molecule has 6 rings (SSSR count). The minimum atomic E-state index is -4.47. The van der Waals surface area contributed by atoms with Crippen LogP contribution < -0.4 is 0 Å². The SMILES string of the molecule is CC(c1ccccc1)(c1cccc(-c2cccc(-c3cccc(-c4cccc(-c5ccccn5)c4)c3)c2)c1)C(F)(F)F. The zero-order chi connectivity index (χ0) is 29.2. The molecule has 6 aromatic rings. The van der Waals surface area contributed by atoms with E-state index in [4.69, 9.17) is 0 Å². The average Bonchev–Trinajstić information content (AvgIpc) is 3.05. The molecular formula is C38H28F3N. The first-order valence-electron chi connectivity index (χ1n) is 13.8. The van der Waals surface area contributed by atoms with Gasteiger partial charge in [-0.05, 0) is 87.8 Å². The van der Waals surface area contributed by atoms with Gasteiger partial charge >= 0.3 is 6.18 Å². The van der Waals surface area contributed by atoms with Crippen LogP contribution in [0.2, 0.25) is 0 Å². The largest absolute Gasteiger partial charge is 0.402 e. The first kappa shape index (κ1) is 27.2. The van der Waals surface area contributed by atoms with Gasteiger partial charge in [-0.1, -0.05) is 109 Å². The molecule has 0 spiro atoms. The summed E-state index contributed by atoms with van der Waals surface area (Å²) in [5.74, 6) is 0. The molecule has 0 aliphatic rings. The fourth-order valence-corrected chi connectivity index (χ4v) is 5.42. The number of nitrogens with zero attached hydrogens (tertiary/aromatic N) is 1. The van der Waals surface area contributed by atoms with Crippen molar-refractivity contribution in [2.75, 3.05) is 0 Å². The molecule has 4 heteroatoms. The minimum absolute atomic E-state index is 0.207. The van der Waals surface area contributed by atoms with Crippen LogP contribution in [0, 0.1) is 0 Å². The number of pyridine rings is 1. The molecule has 0 saturated carbocycles. The van der Waals surface area contributed by atoms with E-state index >= 15 is 0 Å². The quantitative estimate of drug-likeness (QED) is 0.199. The standard InChI is InChI=1S/C38H28F3N/c1-37(38(39,40)41,34-18-3-2-4-19-34)35-20-10-16-32(26-35)30-14-8-12-28(24-30)27-11-7-13-29(23-27)31-15-9-17-33(25-31)36-21-5-6-22-42-36/h2-26H,1H3. The second-order valence-electron chi connectivity index (χ2n) is 10.5. The van der Waals surface area contributed by atoms with Gasteiger partial charge in [0.2, 0.25) is 0 Å². The Labute approximate surface area is 244 Å². The Kier molecular flexibility index (Phi) is 7.22. The van der Waals surface area contributed by atoms with Gasteiger partial charge in [-0.15, -0.1) is 0 Å². The third kappa shape index (κ3) is 5.24. The Morgan fingerprint density at radius 3 is 1.36 bits per heavy atom. The number of hydrogen-bond acceptors (Lipinski definition) is 1. The van der Waals surface area contributed by atoms with Crippen LogP contribution in [-0.2, 0) is 5.41 Å². The monoisotopic (exact) mass is 555 g/mol. The summed E-state index contributed by atoms with van der Waals surface area (Å²) in [7, 11) is 0. The molecule has 0 amide bonds. The molecule has 0 aliphatic carbocycles.